The third-order valence-corrected chi connectivity index (χ3v) is 4.18. The Bertz CT molecular complexity index is 623. The first-order chi connectivity index (χ1) is 11.1. The fourth-order valence-electron chi connectivity index (χ4n) is 2.04. The first-order valence-corrected chi connectivity index (χ1v) is 8.24. The normalized spacial score (nSPS) is 17.7. The first-order valence-electron chi connectivity index (χ1n) is 7.43. The topological polar surface area (TPSA) is 81.4 Å². The second kappa shape index (κ2) is 8.43. The van der Waals surface area contributed by atoms with Crippen molar-refractivity contribution < 1.29 is 14.3 Å². The van der Waals surface area contributed by atoms with E-state index < -0.39 is 0 Å². The van der Waals surface area contributed by atoms with Crippen LogP contribution in [0.15, 0.2) is 41.4 Å². The summed E-state index contributed by atoms with van der Waals surface area (Å²) in [5, 5.41) is 1.90. The Labute approximate surface area is 140 Å². The Morgan fingerprint density at radius 3 is 2.65 bits per heavy atom. The maximum atomic E-state index is 11.5. The Morgan fingerprint density at radius 2 is 2.04 bits per heavy atom. The van der Waals surface area contributed by atoms with Crippen molar-refractivity contribution in [1.82, 2.24) is 5.32 Å². The smallest absolute Gasteiger partial charge is 0.290 e. The van der Waals surface area contributed by atoms with Gasteiger partial charge < -0.3 is 10.5 Å². The number of hydrogen-bond acceptors (Lipinski definition) is 5. The second-order valence-corrected chi connectivity index (χ2v) is 6.34. The van der Waals surface area contributed by atoms with E-state index in [1.807, 2.05) is 30.3 Å². The average molecular weight is 332 g/mol. The van der Waals surface area contributed by atoms with E-state index in [-0.39, 0.29) is 11.1 Å². The third-order valence-electron chi connectivity index (χ3n) is 3.37. The number of ether oxygens (including phenoxy) is 1. The SMILES string of the molecule is CC(C/C=C\N)CCOc1ccc(/C=C2\SC(=O)NC2=O)cc1. The lowest BCUT2D eigenvalue weighted by molar-refractivity contribution is -0.115. The van der Waals surface area contributed by atoms with Gasteiger partial charge in [0.05, 0.1) is 11.5 Å². The van der Waals surface area contributed by atoms with Crippen LogP contribution >= 0.6 is 11.8 Å². The molecule has 1 heterocycles. The summed E-state index contributed by atoms with van der Waals surface area (Å²) in [7, 11) is 0. The van der Waals surface area contributed by atoms with Gasteiger partial charge in [0.2, 0.25) is 0 Å². The van der Waals surface area contributed by atoms with E-state index in [4.69, 9.17) is 10.5 Å². The number of amides is 2. The molecule has 0 bridgehead atoms. The zero-order valence-corrected chi connectivity index (χ0v) is 13.8. The molecule has 2 rings (SSSR count). The molecule has 1 saturated heterocycles. The van der Waals surface area contributed by atoms with Crippen LogP contribution in [0, 0.1) is 5.92 Å². The minimum absolute atomic E-state index is 0.334. The van der Waals surface area contributed by atoms with Gasteiger partial charge in [-0.25, -0.2) is 0 Å². The van der Waals surface area contributed by atoms with Crippen molar-refractivity contribution in [1.29, 1.82) is 0 Å². The van der Waals surface area contributed by atoms with Crippen molar-refractivity contribution in [2.45, 2.75) is 19.8 Å². The average Bonchev–Trinajstić information content (AvgIpc) is 2.84. The number of nitrogens with one attached hydrogen (secondary N) is 1. The molecule has 1 aromatic carbocycles. The molecule has 1 atom stereocenters. The fourth-order valence-corrected chi connectivity index (χ4v) is 2.72. The summed E-state index contributed by atoms with van der Waals surface area (Å²) < 4.78 is 5.71. The van der Waals surface area contributed by atoms with Gasteiger partial charge in [0, 0.05) is 0 Å². The molecule has 0 radical (unpaired) electrons. The number of allylic oxidation sites excluding steroid dienone is 1. The molecule has 1 unspecified atom stereocenters. The number of imide groups is 1. The van der Waals surface area contributed by atoms with Crippen LogP contribution in [0.3, 0.4) is 0 Å². The molecular formula is C17H20N2O3S. The molecule has 23 heavy (non-hydrogen) atoms. The molecule has 1 aromatic rings. The summed E-state index contributed by atoms with van der Waals surface area (Å²) in [6, 6.07) is 7.44. The highest BCUT2D eigenvalue weighted by Crippen LogP contribution is 2.26. The molecule has 1 aliphatic heterocycles. The highest BCUT2D eigenvalue weighted by Gasteiger charge is 2.24. The van der Waals surface area contributed by atoms with Gasteiger partial charge in [-0.15, -0.1) is 0 Å². The quantitative estimate of drug-likeness (QED) is 0.749. The van der Waals surface area contributed by atoms with E-state index >= 15 is 0 Å². The van der Waals surface area contributed by atoms with E-state index in [1.165, 1.54) is 0 Å². The summed E-state index contributed by atoms with van der Waals surface area (Å²) in [6.45, 7) is 2.80. The van der Waals surface area contributed by atoms with Crippen molar-refractivity contribution in [2.75, 3.05) is 6.61 Å². The van der Waals surface area contributed by atoms with Crippen LogP contribution in [0.5, 0.6) is 5.75 Å². The molecule has 3 N–H and O–H groups in total. The maximum absolute atomic E-state index is 11.5. The van der Waals surface area contributed by atoms with Gasteiger partial charge in [-0.1, -0.05) is 25.1 Å². The number of carbonyl (C=O) groups is 2. The van der Waals surface area contributed by atoms with Gasteiger partial charge in [0.15, 0.2) is 0 Å². The molecule has 0 saturated carbocycles. The summed E-state index contributed by atoms with van der Waals surface area (Å²) in [4.78, 5) is 23.0. The Hall–Kier alpha value is -2.21. The van der Waals surface area contributed by atoms with E-state index in [9.17, 15) is 9.59 Å². The minimum Gasteiger partial charge on any atom is -0.494 e. The summed E-state index contributed by atoms with van der Waals surface area (Å²) in [5.41, 5.74) is 6.18. The number of thioether (sulfide) groups is 1. The van der Waals surface area contributed by atoms with Crippen molar-refractivity contribution in [2.24, 2.45) is 11.7 Å². The van der Waals surface area contributed by atoms with Gasteiger partial charge >= 0.3 is 0 Å². The fraction of sp³-hybridized carbons (Fsp3) is 0.294. The molecule has 0 aliphatic carbocycles. The third kappa shape index (κ3) is 5.49. The van der Waals surface area contributed by atoms with E-state index in [0.29, 0.717) is 17.4 Å². The zero-order chi connectivity index (χ0) is 16.7. The standard InChI is InChI=1S/C17H20N2O3S/c1-12(3-2-9-18)8-10-22-14-6-4-13(5-7-14)11-15-16(20)19-17(21)23-15/h2,4-7,9,11-12H,3,8,10,18H2,1H3,(H,19,20,21)/b9-2-,15-11-. The molecule has 2 amide bonds. The van der Waals surface area contributed by atoms with E-state index in [1.54, 1.807) is 12.3 Å². The molecule has 6 heteroatoms. The van der Waals surface area contributed by atoms with Gasteiger partial charge in [-0.2, -0.15) is 0 Å². The second-order valence-electron chi connectivity index (χ2n) is 5.33. The van der Waals surface area contributed by atoms with E-state index in [2.05, 4.69) is 12.2 Å². The monoisotopic (exact) mass is 332 g/mol. The number of hydrogen-bond donors (Lipinski definition) is 2. The molecule has 0 aromatic heterocycles. The minimum atomic E-state index is -0.346. The van der Waals surface area contributed by atoms with Gasteiger partial charge in [-0.3, -0.25) is 14.9 Å². The molecule has 0 spiro atoms. The molecule has 1 fully saturated rings. The zero-order valence-electron chi connectivity index (χ0n) is 13.0. The van der Waals surface area contributed by atoms with Gasteiger partial charge in [0.25, 0.3) is 11.1 Å². The highest BCUT2D eigenvalue weighted by atomic mass is 32.2. The largest absolute Gasteiger partial charge is 0.494 e. The lowest BCUT2D eigenvalue weighted by Crippen LogP contribution is -2.17. The van der Waals surface area contributed by atoms with Crippen LogP contribution in [-0.2, 0) is 4.79 Å². The van der Waals surface area contributed by atoms with Crippen molar-refractivity contribution in [3.05, 3.63) is 47.0 Å². The summed E-state index contributed by atoms with van der Waals surface area (Å²) >= 11 is 0.912. The van der Waals surface area contributed by atoms with Gasteiger partial charge in [0.1, 0.15) is 5.75 Å². The predicted octanol–water partition coefficient (Wildman–Crippen LogP) is 3.28. The molecule has 122 valence electrons. The lowest BCUT2D eigenvalue weighted by atomic mass is 10.1. The van der Waals surface area contributed by atoms with E-state index in [0.717, 1.165) is 35.9 Å². The first kappa shape index (κ1) is 17.1. The van der Waals surface area contributed by atoms with Crippen LogP contribution in [-0.4, -0.2) is 17.8 Å². The van der Waals surface area contributed by atoms with Crippen molar-refractivity contribution >= 4 is 29.0 Å². The van der Waals surface area contributed by atoms with Crippen LogP contribution in [0.1, 0.15) is 25.3 Å². The Kier molecular flexibility index (Phi) is 6.29. The number of rotatable bonds is 7. The highest BCUT2D eigenvalue weighted by molar-refractivity contribution is 8.18. The van der Waals surface area contributed by atoms with Crippen LogP contribution in [0.2, 0.25) is 0 Å². The molecular weight excluding hydrogens is 312 g/mol. The van der Waals surface area contributed by atoms with Crippen molar-refractivity contribution in [3.63, 3.8) is 0 Å². The number of nitrogens with two attached hydrogens (primary N) is 1. The summed E-state index contributed by atoms with van der Waals surface area (Å²) in [5.74, 6) is 0.961. The van der Waals surface area contributed by atoms with Crippen LogP contribution in [0.25, 0.3) is 6.08 Å². The van der Waals surface area contributed by atoms with Crippen molar-refractivity contribution in [3.8, 4) is 5.75 Å². The maximum Gasteiger partial charge on any atom is 0.290 e. The van der Waals surface area contributed by atoms with Crippen LogP contribution < -0.4 is 15.8 Å². The number of benzene rings is 1. The number of carbonyl (C=O) groups excluding carboxylic acids is 2. The van der Waals surface area contributed by atoms with Crippen LogP contribution in [0.4, 0.5) is 4.79 Å². The summed E-state index contributed by atoms with van der Waals surface area (Å²) in [6.07, 6.45) is 7.12. The lowest BCUT2D eigenvalue weighted by Gasteiger charge is -2.10. The van der Waals surface area contributed by atoms with Gasteiger partial charge in [-0.05, 0) is 60.5 Å². The Balaban J connectivity index is 1.84. The molecule has 1 aliphatic rings. The predicted molar refractivity (Wildman–Crippen MR) is 92.8 cm³/mol. The Morgan fingerprint density at radius 1 is 1.30 bits per heavy atom. The molecule has 5 nitrogen and oxygen atoms in total.